The minimum atomic E-state index is -0.609. The predicted octanol–water partition coefficient (Wildman–Crippen LogP) is 0.0363. The molecule has 0 fully saturated rings. The SMILES string of the molecule is CCCNC(=O)C(C)NC(=O)c1ccc(C#CCN)cn1. The molecule has 0 aliphatic heterocycles. The van der Waals surface area contributed by atoms with E-state index in [1.54, 1.807) is 19.1 Å². The highest BCUT2D eigenvalue weighted by molar-refractivity contribution is 5.95. The van der Waals surface area contributed by atoms with Crippen molar-refractivity contribution in [3.8, 4) is 11.8 Å². The molecule has 0 aromatic carbocycles. The number of nitrogens with zero attached hydrogens (tertiary/aromatic N) is 1. The van der Waals surface area contributed by atoms with Crippen molar-refractivity contribution in [2.45, 2.75) is 26.3 Å². The van der Waals surface area contributed by atoms with Crippen LogP contribution in [0.1, 0.15) is 36.3 Å². The van der Waals surface area contributed by atoms with Crippen molar-refractivity contribution in [1.82, 2.24) is 15.6 Å². The standard InChI is InChI=1S/C15H20N4O2/c1-3-9-17-14(20)11(2)19-15(21)13-7-6-12(10-18-13)5-4-8-16/h6-7,10-11H,3,8-9,16H2,1-2H3,(H,17,20)(H,19,21). The summed E-state index contributed by atoms with van der Waals surface area (Å²) in [5.74, 6) is 4.92. The van der Waals surface area contributed by atoms with Crippen LogP contribution in [-0.4, -0.2) is 35.9 Å². The number of nitrogens with one attached hydrogen (secondary N) is 2. The molecule has 0 aliphatic carbocycles. The second kappa shape index (κ2) is 8.72. The zero-order valence-corrected chi connectivity index (χ0v) is 12.3. The Morgan fingerprint density at radius 3 is 2.76 bits per heavy atom. The van der Waals surface area contributed by atoms with Crippen LogP contribution in [0.3, 0.4) is 0 Å². The van der Waals surface area contributed by atoms with Crippen LogP contribution in [0.4, 0.5) is 0 Å². The van der Waals surface area contributed by atoms with E-state index in [4.69, 9.17) is 5.73 Å². The predicted molar refractivity (Wildman–Crippen MR) is 80.4 cm³/mol. The Labute approximate surface area is 124 Å². The first-order valence-corrected chi connectivity index (χ1v) is 6.82. The van der Waals surface area contributed by atoms with E-state index in [-0.39, 0.29) is 18.1 Å². The summed E-state index contributed by atoms with van der Waals surface area (Å²) in [6.07, 6.45) is 2.35. The van der Waals surface area contributed by atoms with Gasteiger partial charge >= 0.3 is 0 Å². The third kappa shape index (κ3) is 5.63. The van der Waals surface area contributed by atoms with Crippen molar-refractivity contribution in [3.05, 3.63) is 29.6 Å². The molecule has 0 radical (unpaired) electrons. The quantitative estimate of drug-likeness (QED) is 0.666. The van der Waals surface area contributed by atoms with Crippen LogP contribution in [0.2, 0.25) is 0 Å². The van der Waals surface area contributed by atoms with E-state index in [1.807, 2.05) is 6.92 Å². The van der Waals surface area contributed by atoms with Gasteiger partial charge in [-0.3, -0.25) is 9.59 Å². The summed E-state index contributed by atoms with van der Waals surface area (Å²) < 4.78 is 0. The van der Waals surface area contributed by atoms with Gasteiger partial charge in [-0.05, 0) is 25.5 Å². The Bertz CT molecular complexity index is 543. The summed E-state index contributed by atoms with van der Waals surface area (Å²) in [6.45, 7) is 4.45. The van der Waals surface area contributed by atoms with Crippen LogP contribution in [0, 0.1) is 11.8 Å². The molecule has 0 bridgehead atoms. The summed E-state index contributed by atoms with van der Waals surface area (Å²) in [5.41, 5.74) is 6.20. The average molecular weight is 288 g/mol. The number of hydrogen-bond donors (Lipinski definition) is 3. The zero-order valence-electron chi connectivity index (χ0n) is 12.3. The summed E-state index contributed by atoms with van der Waals surface area (Å²) >= 11 is 0. The van der Waals surface area contributed by atoms with Gasteiger partial charge in [0, 0.05) is 18.3 Å². The fraction of sp³-hybridized carbons (Fsp3) is 0.400. The molecule has 0 spiro atoms. The molecule has 1 unspecified atom stereocenters. The number of rotatable bonds is 5. The van der Waals surface area contributed by atoms with Crippen molar-refractivity contribution >= 4 is 11.8 Å². The first kappa shape index (κ1) is 16.7. The molecule has 1 aromatic rings. The largest absolute Gasteiger partial charge is 0.354 e. The van der Waals surface area contributed by atoms with Gasteiger partial charge in [0.15, 0.2) is 0 Å². The fourth-order valence-corrected chi connectivity index (χ4v) is 1.49. The number of aromatic nitrogens is 1. The summed E-state index contributed by atoms with van der Waals surface area (Å²) in [7, 11) is 0. The molecule has 1 aromatic heterocycles. The normalized spacial score (nSPS) is 11.0. The molecule has 1 rings (SSSR count). The van der Waals surface area contributed by atoms with Gasteiger partial charge in [0.25, 0.3) is 5.91 Å². The van der Waals surface area contributed by atoms with Gasteiger partial charge in [-0.15, -0.1) is 0 Å². The Morgan fingerprint density at radius 1 is 1.43 bits per heavy atom. The highest BCUT2D eigenvalue weighted by atomic mass is 16.2. The van der Waals surface area contributed by atoms with Crippen molar-refractivity contribution < 1.29 is 9.59 Å². The van der Waals surface area contributed by atoms with Crippen molar-refractivity contribution in [2.75, 3.05) is 13.1 Å². The Morgan fingerprint density at radius 2 is 2.19 bits per heavy atom. The van der Waals surface area contributed by atoms with Crippen molar-refractivity contribution in [1.29, 1.82) is 0 Å². The highest BCUT2D eigenvalue weighted by Crippen LogP contribution is 1.99. The summed E-state index contributed by atoms with van der Waals surface area (Å²) in [5, 5.41) is 5.32. The van der Waals surface area contributed by atoms with Crippen LogP contribution in [0.15, 0.2) is 18.3 Å². The second-order valence-corrected chi connectivity index (χ2v) is 4.42. The van der Waals surface area contributed by atoms with Gasteiger partial charge in [-0.25, -0.2) is 4.98 Å². The molecule has 21 heavy (non-hydrogen) atoms. The molecular weight excluding hydrogens is 268 g/mol. The second-order valence-electron chi connectivity index (χ2n) is 4.42. The lowest BCUT2D eigenvalue weighted by Gasteiger charge is -2.13. The molecule has 0 saturated carbocycles. The maximum atomic E-state index is 11.9. The molecule has 4 N–H and O–H groups in total. The Hall–Kier alpha value is -2.39. The molecule has 1 heterocycles. The lowest BCUT2D eigenvalue weighted by molar-refractivity contribution is -0.122. The summed E-state index contributed by atoms with van der Waals surface area (Å²) in [4.78, 5) is 27.6. The van der Waals surface area contributed by atoms with Crippen molar-refractivity contribution in [3.63, 3.8) is 0 Å². The van der Waals surface area contributed by atoms with Gasteiger partial charge in [-0.1, -0.05) is 18.8 Å². The van der Waals surface area contributed by atoms with Gasteiger partial charge in [0.2, 0.25) is 5.91 Å². The molecule has 112 valence electrons. The number of carbonyl (C=O) groups is 2. The molecule has 6 heteroatoms. The first-order valence-electron chi connectivity index (χ1n) is 6.82. The number of pyridine rings is 1. The smallest absolute Gasteiger partial charge is 0.270 e. The molecular formula is C15H20N4O2. The Kier molecular flexibility index (Phi) is 6.92. The molecule has 2 amide bonds. The van der Waals surface area contributed by atoms with Gasteiger partial charge in [0.05, 0.1) is 6.54 Å². The van der Waals surface area contributed by atoms with E-state index in [1.165, 1.54) is 6.20 Å². The van der Waals surface area contributed by atoms with Crippen LogP contribution >= 0.6 is 0 Å². The monoisotopic (exact) mass is 288 g/mol. The average Bonchev–Trinajstić information content (AvgIpc) is 2.50. The third-order valence-corrected chi connectivity index (χ3v) is 2.62. The molecule has 1 atom stereocenters. The minimum Gasteiger partial charge on any atom is -0.354 e. The van der Waals surface area contributed by atoms with E-state index in [0.29, 0.717) is 12.1 Å². The van der Waals surface area contributed by atoms with Crippen LogP contribution < -0.4 is 16.4 Å². The lowest BCUT2D eigenvalue weighted by atomic mass is 10.2. The highest BCUT2D eigenvalue weighted by Gasteiger charge is 2.16. The third-order valence-electron chi connectivity index (χ3n) is 2.62. The van der Waals surface area contributed by atoms with E-state index in [0.717, 1.165) is 6.42 Å². The number of carbonyl (C=O) groups excluding carboxylic acids is 2. The Balaban J connectivity index is 2.61. The fourth-order valence-electron chi connectivity index (χ4n) is 1.49. The topological polar surface area (TPSA) is 97.1 Å². The van der Waals surface area contributed by atoms with E-state index >= 15 is 0 Å². The van der Waals surface area contributed by atoms with Crippen LogP contribution in [0.5, 0.6) is 0 Å². The lowest BCUT2D eigenvalue weighted by Crippen LogP contribution is -2.45. The number of nitrogens with two attached hydrogens (primary N) is 1. The maximum absolute atomic E-state index is 11.9. The first-order chi connectivity index (χ1) is 10.1. The van der Waals surface area contributed by atoms with E-state index < -0.39 is 11.9 Å². The number of hydrogen-bond acceptors (Lipinski definition) is 4. The van der Waals surface area contributed by atoms with Gasteiger partial charge < -0.3 is 16.4 Å². The molecule has 6 nitrogen and oxygen atoms in total. The van der Waals surface area contributed by atoms with Crippen molar-refractivity contribution in [2.24, 2.45) is 5.73 Å². The maximum Gasteiger partial charge on any atom is 0.270 e. The minimum absolute atomic E-state index is 0.212. The summed E-state index contributed by atoms with van der Waals surface area (Å²) in [6, 6.07) is 2.64. The van der Waals surface area contributed by atoms with Gasteiger partial charge in [0.1, 0.15) is 11.7 Å². The van der Waals surface area contributed by atoms with Crippen LogP contribution in [-0.2, 0) is 4.79 Å². The molecule has 0 saturated heterocycles. The molecule has 0 aliphatic rings. The zero-order chi connectivity index (χ0) is 15.7. The van der Waals surface area contributed by atoms with Gasteiger partial charge in [-0.2, -0.15) is 0 Å². The van der Waals surface area contributed by atoms with E-state index in [9.17, 15) is 9.59 Å². The number of amides is 2. The van der Waals surface area contributed by atoms with E-state index in [2.05, 4.69) is 27.5 Å². The van der Waals surface area contributed by atoms with Crippen LogP contribution in [0.25, 0.3) is 0 Å².